The summed E-state index contributed by atoms with van der Waals surface area (Å²) in [5.74, 6) is 0. The fourth-order valence-corrected chi connectivity index (χ4v) is 9.09. The Bertz CT molecular complexity index is 881. The minimum atomic E-state index is -2.22. The van der Waals surface area contributed by atoms with Crippen LogP contribution in [0.25, 0.3) is 0 Å². The van der Waals surface area contributed by atoms with Crippen molar-refractivity contribution in [3.63, 3.8) is 0 Å². The molecule has 0 nitrogen and oxygen atoms in total. The van der Waals surface area contributed by atoms with Crippen LogP contribution in [-0.4, -0.2) is 8.07 Å². The van der Waals surface area contributed by atoms with Gasteiger partial charge in [-0.2, -0.15) is 0 Å². The number of rotatable bonds is 4. The predicted octanol–water partition coefficient (Wildman–Crippen LogP) is 3.89. The second-order valence-corrected chi connectivity index (χ2v) is 10.5. The molecule has 1 heteroatoms. The van der Waals surface area contributed by atoms with Crippen LogP contribution in [-0.2, 0) is 0 Å². The summed E-state index contributed by atoms with van der Waals surface area (Å²) in [5, 5.41) is 5.96. The highest BCUT2D eigenvalue weighted by Gasteiger charge is 2.42. The first kappa shape index (κ1) is 15.9. The maximum Gasteiger partial charge on any atom is 0.175 e. The molecule has 0 aromatic heterocycles. The van der Waals surface area contributed by atoms with Gasteiger partial charge in [-0.1, -0.05) is 114 Å². The number of benzene rings is 3. The minimum absolute atomic E-state index is 1.05. The average molecular weight is 339 g/mol. The van der Waals surface area contributed by atoms with Crippen molar-refractivity contribution < 1.29 is 0 Å². The Kier molecular flexibility index (Phi) is 4.25. The molecule has 3 aromatic carbocycles. The standard InChI is InChI=1S/C24H22Si/c1-20-11-10-18-24(19-20)25(23-16-8-9-17-23,21-12-4-2-5-13-21)22-14-6-3-7-15-22/h2-16,18-19H,17H2,1H3. The molecular weight excluding hydrogens is 316 g/mol. The molecule has 0 amide bonds. The average Bonchev–Trinajstić information content (AvgIpc) is 3.19. The Morgan fingerprint density at radius 1 is 0.680 bits per heavy atom. The molecule has 0 aliphatic heterocycles. The fourth-order valence-electron chi connectivity index (χ4n) is 4.04. The normalized spacial score (nSPS) is 13.7. The van der Waals surface area contributed by atoms with Gasteiger partial charge in [-0.3, -0.25) is 0 Å². The molecule has 4 rings (SSSR count). The Labute approximate surface area is 151 Å². The third kappa shape index (κ3) is 2.71. The summed E-state index contributed by atoms with van der Waals surface area (Å²) in [5.41, 5.74) is 1.33. The summed E-state index contributed by atoms with van der Waals surface area (Å²) in [7, 11) is -2.22. The number of aryl methyl sites for hydroxylation is 1. The van der Waals surface area contributed by atoms with E-state index in [1.807, 2.05) is 0 Å². The van der Waals surface area contributed by atoms with Crippen molar-refractivity contribution in [2.45, 2.75) is 13.3 Å². The molecule has 122 valence electrons. The first-order valence-corrected chi connectivity index (χ1v) is 10.9. The molecule has 3 aromatic rings. The zero-order valence-corrected chi connectivity index (χ0v) is 15.5. The van der Waals surface area contributed by atoms with Crippen LogP contribution >= 0.6 is 0 Å². The first-order valence-electron chi connectivity index (χ1n) is 8.86. The smallest absolute Gasteiger partial charge is 0.0808 e. The first-order chi connectivity index (χ1) is 12.3. The van der Waals surface area contributed by atoms with Crippen LogP contribution in [0, 0.1) is 6.92 Å². The summed E-state index contributed by atoms with van der Waals surface area (Å²) in [6.45, 7) is 2.19. The minimum Gasteiger partial charge on any atom is -0.0808 e. The zero-order chi connectivity index (χ0) is 17.1. The molecule has 0 saturated heterocycles. The number of hydrogen-bond donors (Lipinski definition) is 0. The molecule has 1 aliphatic carbocycles. The lowest BCUT2D eigenvalue weighted by Crippen LogP contribution is -2.68. The van der Waals surface area contributed by atoms with Gasteiger partial charge in [0.15, 0.2) is 8.07 Å². The van der Waals surface area contributed by atoms with Crippen LogP contribution in [0.4, 0.5) is 0 Å². The monoisotopic (exact) mass is 338 g/mol. The topological polar surface area (TPSA) is 0 Å². The number of hydrogen-bond acceptors (Lipinski definition) is 0. The summed E-state index contributed by atoms with van der Waals surface area (Å²) in [4.78, 5) is 0. The van der Waals surface area contributed by atoms with Gasteiger partial charge in [0.05, 0.1) is 0 Å². The van der Waals surface area contributed by atoms with E-state index in [0.29, 0.717) is 0 Å². The summed E-state index contributed by atoms with van der Waals surface area (Å²) in [6.07, 6.45) is 7.91. The van der Waals surface area contributed by atoms with Gasteiger partial charge in [0.25, 0.3) is 0 Å². The maximum atomic E-state index is 2.39. The van der Waals surface area contributed by atoms with Gasteiger partial charge in [-0.05, 0) is 28.9 Å². The van der Waals surface area contributed by atoms with Crippen LogP contribution in [0.1, 0.15) is 12.0 Å². The molecule has 0 spiro atoms. The van der Waals surface area contributed by atoms with Gasteiger partial charge < -0.3 is 0 Å². The van der Waals surface area contributed by atoms with Crippen LogP contribution in [0.5, 0.6) is 0 Å². The summed E-state index contributed by atoms with van der Waals surface area (Å²) < 4.78 is 0. The van der Waals surface area contributed by atoms with Crippen molar-refractivity contribution in [2.75, 3.05) is 0 Å². The van der Waals surface area contributed by atoms with Gasteiger partial charge in [-0.15, -0.1) is 0 Å². The molecule has 0 bridgehead atoms. The summed E-state index contributed by atoms with van der Waals surface area (Å²) in [6, 6.07) is 31.4. The second kappa shape index (κ2) is 6.70. The van der Waals surface area contributed by atoms with Crippen molar-refractivity contribution in [3.8, 4) is 0 Å². The van der Waals surface area contributed by atoms with Crippen molar-refractivity contribution in [2.24, 2.45) is 0 Å². The van der Waals surface area contributed by atoms with Crippen LogP contribution in [0.2, 0.25) is 0 Å². The van der Waals surface area contributed by atoms with Crippen molar-refractivity contribution >= 4 is 23.6 Å². The molecule has 0 saturated carbocycles. The Morgan fingerprint density at radius 2 is 1.28 bits per heavy atom. The maximum absolute atomic E-state index is 2.39. The highest BCUT2D eigenvalue weighted by molar-refractivity contribution is 7.16. The second-order valence-electron chi connectivity index (χ2n) is 6.68. The van der Waals surface area contributed by atoms with Gasteiger partial charge in [0, 0.05) is 0 Å². The van der Waals surface area contributed by atoms with Gasteiger partial charge >= 0.3 is 0 Å². The molecule has 0 radical (unpaired) electrons. The third-order valence-corrected chi connectivity index (χ3v) is 10.0. The van der Waals surface area contributed by atoms with E-state index in [0.717, 1.165) is 6.42 Å². The lowest BCUT2D eigenvalue weighted by molar-refractivity contribution is 1.37. The van der Waals surface area contributed by atoms with Gasteiger partial charge in [0.1, 0.15) is 0 Å². The van der Waals surface area contributed by atoms with Crippen molar-refractivity contribution in [1.29, 1.82) is 0 Å². The largest absolute Gasteiger partial charge is 0.175 e. The van der Waals surface area contributed by atoms with E-state index in [1.54, 1.807) is 5.20 Å². The molecule has 0 unspecified atom stereocenters. The van der Waals surface area contributed by atoms with E-state index in [-0.39, 0.29) is 0 Å². The molecule has 0 N–H and O–H groups in total. The Morgan fingerprint density at radius 3 is 1.80 bits per heavy atom. The van der Waals surface area contributed by atoms with Crippen LogP contribution in [0.3, 0.4) is 0 Å². The highest BCUT2D eigenvalue weighted by Crippen LogP contribution is 2.24. The van der Waals surface area contributed by atoms with Gasteiger partial charge in [0.2, 0.25) is 0 Å². The van der Waals surface area contributed by atoms with Crippen molar-refractivity contribution in [3.05, 3.63) is 114 Å². The van der Waals surface area contributed by atoms with Crippen LogP contribution < -0.4 is 15.6 Å². The Balaban J connectivity index is 2.09. The fraction of sp³-hybridized carbons (Fsp3) is 0.0833. The molecule has 25 heavy (non-hydrogen) atoms. The quantitative estimate of drug-likeness (QED) is 0.500. The predicted molar refractivity (Wildman–Crippen MR) is 111 cm³/mol. The Hall–Kier alpha value is -2.64. The number of allylic oxidation sites excluding steroid dienone is 4. The third-order valence-electron chi connectivity index (χ3n) is 5.12. The zero-order valence-electron chi connectivity index (χ0n) is 14.5. The highest BCUT2D eigenvalue weighted by atomic mass is 28.3. The molecule has 0 fully saturated rings. The van der Waals surface area contributed by atoms with E-state index < -0.39 is 8.07 Å². The molecule has 0 atom stereocenters. The van der Waals surface area contributed by atoms with E-state index in [2.05, 4.69) is 110 Å². The molecule has 0 heterocycles. The van der Waals surface area contributed by atoms with E-state index in [9.17, 15) is 0 Å². The van der Waals surface area contributed by atoms with Crippen molar-refractivity contribution in [1.82, 2.24) is 0 Å². The van der Waals surface area contributed by atoms with E-state index in [1.165, 1.54) is 21.1 Å². The van der Waals surface area contributed by atoms with Crippen LogP contribution in [0.15, 0.2) is 108 Å². The van der Waals surface area contributed by atoms with E-state index in [4.69, 9.17) is 0 Å². The molecular formula is C24H22Si. The summed E-state index contributed by atoms with van der Waals surface area (Å²) >= 11 is 0. The lowest BCUT2D eigenvalue weighted by Gasteiger charge is -2.35. The molecule has 1 aliphatic rings. The SMILES string of the molecule is Cc1cccc([Si](C2=CC=CC2)(c2ccccc2)c2ccccc2)c1. The van der Waals surface area contributed by atoms with Gasteiger partial charge in [-0.25, -0.2) is 0 Å². The van der Waals surface area contributed by atoms with E-state index >= 15 is 0 Å². The lowest BCUT2D eigenvalue weighted by atomic mass is 10.2.